The third-order valence-electron chi connectivity index (χ3n) is 3.66. The number of aromatic nitrogens is 1. The first-order valence-corrected chi connectivity index (χ1v) is 9.30. The van der Waals surface area contributed by atoms with E-state index in [4.69, 9.17) is 4.42 Å². The van der Waals surface area contributed by atoms with E-state index in [0.717, 1.165) is 16.3 Å². The van der Waals surface area contributed by atoms with E-state index < -0.39 is 11.8 Å². The zero-order valence-corrected chi connectivity index (χ0v) is 15.8. The van der Waals surface area contributed by atoms with Crippen molar-refractivity contribution in [3.63, 3.8) is 0 Å². The van der Waals surface area contributed by atoms with Crippen molar-refractivity contribution >= 4 is 34.7 Å². The number of furan rings is 1. The normalized spacial score (nSPS) is 10.3. The Labute approximate surface area is 165 Å². The van der Waals surface area contributed by atoms with Gasteiger partial charge in [-0.1, -0.05) is 12.1 Å². The van der Waals surface area contributed by atoms with Gasteiger partial charge in [0.05, 0.1) is 30.1 Å². The summed E-state index contributed by atoms with van der Waals surface area (Å²) in [4.78, 5) is 39.9. The lowest BCUT2D eigenvalue weighted by Gasteiger charge is -2.08. The first-order valence-electron chi connectivity index (χ1n) is 8.42. The molecule has 0 aliphatic carbocycles. The highest BCUT2D eigenvalue weighted by Gasteiger charge is 2.11. The highest BCUT2D eigenvalue weighted by molar-refractivity contribution is 7.09. The Balaban J connectivity index is 1.45. The van der Waals surface area contributed by atoms with Gasteiger partial charge in [0.2, 0.25) is 11.8 Å². The van der Waals surface area contributed by atoms with Gasteiger partial charge in [-0.3, -0.25) is 14.4 Å². The van der Waals surface area contributed by atoms with Crippen LogP contribution in [0.15, 0.2) is 52.5 Å². The molecule has 2 heterocycles. The zero-order chi connectivity index (χ0) is 19.9. The summed E-state index contributed by atoms with van der Waals surface area (Å²) in [7, 11) is 0. The van der Waals surface area contributed by atoms with Crippen LogP contribution in [0, 0.1) is 6.92 Å². The summed E-state index contributed by atoms with van der Waals surface area (Å²) in [6, 6.07) is 10.4. The standard InChI is InChI=1S/C19H18N4O4S/c1-12-22-15(11-28-12)13-4-2-5-14(8-13)23-18(25)10-20-17(24)9-21-19(26)16-6-3-7-27-16/h2-8,11H,9-10H2,1H3,(H,20,24)(H,21,26)(H,23,25). The molecule has 0 radical (unpaired) electrons. The van der Waals surface area contributed by atoms with Crippen LogP contribution in [0.25, 0.3) is 11.3 Å². The fourth-order valence-corrected chi connectivity index (χ4v) is 2.98. The minimum Gasteiger partial charge on any atom is -0.459 e. The predicted octanol–water partition coefficient (Wildman–Crippen LogP) is 2.20. The van der Waals surface area contributed by atoms with E-state index in [1.54, 1.807) is 23.5 Å². The molecule has 3 amide bonds. The molecule has 0 saturated carbocycles. The molecule has 8 nitrogen and oxygen atoms in total. The van der Waals surface area contributed by atoms with Crippen LogP contribution in [0.2, 0.25) is 0 Å². The maximum Gasteiger partial charge on any atom is 0.287 e. The molecule has 0 unspecified atom stereocenters. The molecule has 0 bridgehead atoms. The average Bonchev–Trinajstić information content (AvgIpc) is 3.36. The van der Waals surface area contributed by atoms with Gasteiger partial charge in [-0.15, -0.1) is 11.3 Å². The summed E-state index contributed by atoms with van der Waals surface area (Å²) in [5, 5.41) is 10.5. The Morgan fingerprint density at radius 1 is 1.07 bits per heavy atom. The number of carbonyl (C=O) groups is 3. The number of rotatable bonds is 7. The number of thiazole rings is 1. The number of amides is 3. The number of carbonyl (C=O) groups excluding carboxylic acids is 3. The van der Waals surface area contributed by atoms with Crippen LogP contribution in [-0.4, -0.2) is 35.8 Å². The molecule has 9 heteroatoms. The van der Waals surface area contributed by atoms with E-state index in [1.165, 1.54) is 12.3 Å². The third-order valence-corrected chi connectivity index (χ3v) is 4.44. The van der Waals surface area contributed by atoms with Crippen LogP contribution >= 0.6 is 11.3 Å². The molecule has 1 aromatic carbocycles. The number of nitrogens with zero attached hydrogens (tertiary/aromatic N) is 1. The smallest absolute Gasteiger partial charge is 0.287 e. The first-order chi connectivity index (χ1) is 13.5. The Kier molecular flexibility index (Phi) is 6.18. The molecular weight excluding hydrogens is 380 g/mol. The van der Waals surface area contributed by atoms with Crippen molar-refractivity contribution in [2.24, 2.45) is 0 Å². The van der Waals surface area contributed by atoms with Crippen LogP contribution in [0.3, 0.4) is 0 Å². The lowest BCUT2D eigenvalue weighted by atomic mass is 10.1. The summed E-state index contributed by atoms with van der Waals surface area (Å²) in [5.74, 6) is -1.25. The second-order valence-electron chi connectivity index (χ2n) is 5.82. The van der Waals surface area contributed by atoms with Gasteiger partial charge < -0.3 is 20.4 Å². The van der Waals surface area contributed by atoms with Crippen molar-refractivity contribution in [2.75, 3.05) is 18.4 Å². The van der Waals surface area contributed by atoms with Gasteiger partial charge >= 0.3 is 0 Å². The molecule has 0 aliphatic rings. The van der Waals surface area contributed by atoms with Crippen molar-refractivity contribution in [1.29, 1.82) is 0 Å². The maximum atomic E-state index is 12.1. The maximum absolute atomic E-state index is 12.1. The highest BCUT2D eigenvalue weighted by atomic mass is 32.1. The Morgan fingerprint density at radius 2 is 1.89 bits per heavy atom. The van der Waals surface area contributed by atoms with Crippen LogP contribution < -0.4 is 16.0 Å². The van der Waals surface area contributed by atoms with Gasteiger partial charge in [-0.2, -0.15) is 0 Å². The zero-order valence-electron chi connectivity index (χ0n) is 15.0. The summed E-state index contributed by atoms with van der Waals surface area (Å²) in [5.41, 5.74) is 2.35. The molecule has 2 aromatic heterocycles. The Bertz CT molecular complexity index is 982. The van der Waals surface area contributed by atoms with Crippen molar-refractivity contribution in [3.05, 3.63) is 58.8 Å². The van der Waals surface area contributed by atoms with Crippen molar-refractivity contribution in [1.82, 2.24) is 15.6 Å². The van der Waals surface area contributed by atoms with E-state index in [1.807, 2.05) is 30.5 Å². The fourth-order valence-electron chi connectivity index (χ4n) is 2.35. The third kappa shape index (κ3) is 5.27. The molecule has 0 aliphatic heterocycles. The van der Waals surface area contributed by atoms with Crippen LogP contribution in [0.5, 0.6) is 0 Å². The van der Waals surface area contributed by atoms with Crippen LogP contribution in [0.1, 0.15) is 15.6 Å². The number of anilines is 1. The van der Waals surface area contributed by atoms with Crippen molar-refractivity contribution in [2.45, 2.75) is 6.92 Å². The summed E-state index contributed by atoms with van der Waals surface area (Å²) < 4.78 is 4.92. The Morgan fingerprint density at radius 3 is 2.61 bits per heavy atom. The van der Waals surface area contributed by atoms with E-state index in [2.05, 4.69) is 20.9 Å². The second-order valence-corrected chi connectivity index (χ2v) is 6.88. The highest BCUT2D eigenvalue weighted by Crippen LogP contribution is 2.24. The van der Waals surface area contributed by atoms with Crippen molar-refractivity contribution in [3.8, 4) is 11.3 Å². The second kappa shape index (κ2) is 8.96. The minimum absolute atomic E-state index is 0.112. The van der Waals surface area contributed by atoms with E-state index in [9.17, 15) is 14.4 Å². The minimum atomic E-state index is -0.501. The monoisotopic (exact) mass is 398 g/mol. The molecule has 28 heavy (non-hydrogen) atoms. The lowest BCUT2D eigenvalue weighted by Crippen LogP contribution is -2.40. The van der Waals surface area contributed by atoms with Gasteiger partial charge in [0.1, 0.15) is 0 Å². The summed E-state index contributed by atoms with van der Waals surface area (Å²) >= 11 is 1.55. The molecule has 0 saturated heterocycles. The van der Waals surface area contributed by atoms with E-state index in [0.29, 0.717) is 5.69 Å². The molecular formula is C19H18N4O4S. The molecule has 3 N–H and O–H groups in total. The predicted molar refractivity (Wildman–Crippen MR) is 105 cm³/mol. The summed E-state index contributed by atoms with van der Waals surface area (Å²) in [6.45, 7) is 1.46. The topological polar surface area (TPSA) is 113 Å². The van der Waals surface area contributed by atoms with Gasteiger partial charge in [0.25, 0.3) is 5.91 Å². The molecule has 0 fully saturated rings. The average molecular weight is 398 g/mol. The van der Waals surface area contributed by atoms with Gasteiger partial charge in [-0.25, -0.2) is 4.98 Å². The number of hydrogen-bond donors (Lipinski definition) is 3. The number of hydrogen-bond acceptors (Lipinski definition) is 6. The van der Waals surface area contributed by atoms with E-state index in [-0.39, 0.29) is 24.8 Å². The largest absolute Gasteiger partial charge is 0.459 e. The van der Waals surface area contributed by atoms with Crippen molar-refractivity contribution < 1.29 is 18.8 Å². The SMILES string of the molecule is Cc1nc(-c2cccc(NC(=O)CNC(=O)CNC(=O)c3ccco3)c2)cs1. The van der Waals surface area contributed by atoms with Gasteiger partial charge in [-0.05, 0) is 31.2 Å². The molecule has 0 spiro atoms. The summed E-state index contributed by atoms with van der Waals surface area (Å²) in [6.07, 6.45) is 1.36. The molecule has 3 rings (SSSR count). The number of aryl methyl sites for hydroxylation is 1. The Hall–Kier alpha value is -3.46. The fraction of sp³-hybridized carbons (Fsp3) is 0.158. The lowest BCUT2D eigenvalue weighted by molar-refractivity contribution is -0.123. The quantitative estimate of drug-likeness (QED) is 0.565. The molecule has 3 aromatic rings. The van der Waals surface area contributed by atoms with E-state index >= 15 is 0 Å². The van der Waals surface area contributed by atoms with Crippen LogP contribution in [-0.2, 0) is 9.59 Å². The molecule has 0 atom stereocenters. The number of benzene rings is 1. The van der Waals surface area contributed by atoms with Gasteiger partial charge in [0.15, 0.2) is 5.76 Å². The molecule has 144 valence electrons. The first kappa shape index (κ1) is 19.3. The van der Waals surface area contributed by atoms with Gasteiger partial charge in [0, 0.05) is 16.6 Å². The number of nitrogens with one attached hydrogen (secondary N) is 3. The van der Waals surface area contributed by atoms with Crippen LogP contribution in [0.4, 0.5) is 5.69 Å².